The van der Waals surface area contributed by atoms with Gasteiger partial charge in [0.2, 0.25) is 21.8 Å². The van der Waals surface area contributed by atoms with Crippen molar-refractivity contribution in [1.29, 1.82) is 0 Å². The Morgan fingerprint density at radius 3 is 1.67 bits per heavy atom. The van der Waals surface area contributed by atoms with Crippen molar-refractivity contribution < 1.29 is 41.2 Å². The monoisotopic (exact) mass is 806 g/mol. The molecule has 0 aliphatic carbocycles. The SMILES string of the molecule is CCC(C)(CO)C(N)=O.CCC(C)C(N)=O.CCC(C)CCCNC(=O)NCCSC.CCO[Si](CCCNS(=O)(=O)C(C)CC)(OCC)OCC. The van der Waals surface area contributed by atoms with E-state index in [0.29, 0.717) is 51.7 Å². The summed E-state index contributed by atoms with van der Waals surface area (Å²) in [7, 11) is -5.88. The zero-order valence-electron chi connectivity index (χ0n) is 34.7. The van der Waals surface area contributed by atoms with Gasteiger partial charge < -0.3 is 40.5 Å². The van der Waals surface area contributed by atoms with Gasteiger partial charge in [-0.3, -0.25) is 9.59 Å². The van der Waals surface area contributed by atoms with Crippen LogP contribution in [0.25, 0.3) is 0 Å². The summed E-state index contributed by atoms with van der Waals surface area (Å²) in [6, 6.07) is 0.583. The first-order chi connectivity index (χ1) is 24.3. The van der Waals surface area contributed by atoms with Crippen LogP contribution in [0, 0.1) is 17.3 Å². The number of rotatable bonds is 26. The Morgan fingerprint density at radius 2 is 1.35 bits per heavy atom. The van der Waals surface area contributed by atoms with Crippen molar-refractivity contribution in [2.45, 2.75) is 132 Å². The summed E-state index contributed by atoms with van der Waals surface area (Å²) in [6.45, 7) is 24.3. The number of urea groups is 1. The quantitative estimate of drug-likeness (QED) is 0.0507. The number of hydrogen-bond acceptors (Lipinski definition) is 10. The molecule has 314 valence electrons. The molecule has 0 aromatic rings. The molecule has 4 amide bonds. The molecule has 0 saturated heterocycles. The lowest BCUT2D eigenvalue weighted by Crippen LogP contribution is -2.46. The molecule has 0 fully saturated rings. The zero-order valence-corrected chi connectivity index (χ0v) is 37.4. The van der Waals surface area contributed by atoms with Crippen molar-refractivity contribution in [3.8, 4) is 0 Å². The summed E-state index contributed by atoms with van der Waals surface area (Å²) in [6.07, 6.45) is 8.19. The molecular formula is C35H79N5O9S2Si. The Morgan fingerprint density at radius 1 is 0.827 bits per heavy atom. The van der Waals surface area contributed by atoms with Crippen LogP contribution in [0.1, 0.15) is 121 Å². The van der Waals surface area contributed by atoms with Gasteiger partial charge in [0.15, 0.2) is 0 Å². The van der Waals surface area contributed by atoms with E-state index in [0.717, 1.165) is 37.6 Å². The van der Waals surface area contributed by atoms with Gasteiger partial charge in [0, 0.05) is 57.2 Å². The summed E-state index contributed by atoms with van der Waals surface area (Å²) in [5, 5.41) is 14.0. The van der Waals surface area contributed by atoms with E-state index < -0.39 is 30.1 Å². The van der Waals surface area contributed by atoms with Gasteiger partial charge in [-0.05, 0) is 85.3 Å². The van der Waals surface area contributed by atoms with Gasteiger partial charge in [-0.15, -0.1) is 0 Å². The minimum Gasteiger partial charge on any atom is -0.395 e. The van der Waals surface area contributed by atoms with Gasteiger partial charge in [-0.1, -0.05) is 48.0 Å². The molecular weight excluding hydrogens is 727 g/mol. The van der Waals surface area contributed by atoms with Crippen LogP contribution < -0.4 is 26.8 Å². The first-order valence-electron chi connectivity index (χ1n) is 18.9. The highest BCUT2D eigenvalue weighted by atomic mass is 32.2. The van der Waals surface area contributed by atoms with Gasteiger partial charge in [0.05, 0.1) is 17.3 Å². The van der Waals surface area contributed by atoms with Crippen LogP contribution in [0.5, 0.6) is 0 Å². The second-order valence-corrected chi connectivity index (χ2v) is 18.6. The number of nitrogens with two attached hydrogens (primary N) is 2. The molecule has 4 atom stereocenters. The van der Waals surface area contributed by atoms with Gasteiger partial charge in [0.1, 0.15) is 0 Å². The molecule has 0 radical (unpaired) electrons. The van der Waals surface area contributed by atoms with Gasteiger partial charge in [-0.25, -0.2) is 17.9 Å². The lowest BCUT2D eigenvalue weighted by molar-refractivity contribution is -0.129. The third-order valence-corrected chi connectivity index (χ3v) is 14.2. The number of hydrogen-bond donors (Lipinski definition) is 6. The van der Waals surface area contributed by atoms with E-state index >= 15 is 0 Å². The number of nitrogens with one attached hydrogen (secondary N) is 3. The molecule has 0 rings (SSSR count). The maximum atomic E-state index is 11.9. The molecule has 0 saturated carbocycles. The molecule has 8 N–H and O–H groups in total. The molecule has 0 aromatic carbocycles. The predicted octanol–water partition coefficient (Wildman–Crippen LogP) is 5.02. The Hall–Kier alpha value is -1.47. The lowest BCUT2D eigenvalue weighted by Gasteiger charge is -2.28. The molecule has 4 unspecified atom stereocenters. The Bertz CT molecular complexity index is 977. The second kappa shape index (κ2) is 35.2. The Kier molecular flexibility index (Phi) is 38.8. The lowest BCUT2D eigenvalue weighted by atomic mass is 9.88. The molecule has 0 bridgehead atoms. The number of primary amides is 2. The van der Waals surface area contributed by atoms with Crippen LogP contribution >= 0.6 is 11.8 Å². The van der Waals surface area contributed by atoms with E-state index in [2.05, 4.69) is 29.2 Å². The van der Waals surface area contributed by atoms with Crippen molar-refractivity contribution in [2.24, 2.45) is 28.7 Å². The number of carbonyl (C=O) groups is 3. The maximum absolute atomic E-state index is 11.9. The summed E-state index contributed by atoms with van der Waals surface area (Å²) >= 11 is 1.74. The van der Waals surface area contributed by atoms with Crippen LogP contribution in [0.3, 0.4) is 0 Å². The van der Waals surface area contributed by atoms with Crippen molar-refractivity contribution in [3.63, 3.8) is 0 Å². The molecule has 52 heavy (non-hydrogen) atoms. The fraction of sp³-hybridized carbons (Fsp3) is 0.914. The second-order valence-electron chi connectivity index (χ2n) is 12.7. The molecule has 0 aromatic heterocycles. The molecule has 17 heteroatoms. The van der Waals surface area contributed by atoms with E-state index in [-0.39, 0.29) is 29.7 Å². The molecule has 0 aliphatic rings. The molecule has 0 aliphatic heterocycles. The summed E-state index contributed by atoms with van der Waals surface area (Å²) in [4.78, 5) is 31.9. The van der Waals surface area contributed by atoms with Crippen LogP contribution in [0.15, 0.2) is 0 Å². The maximum Gasteiger partial charge on any atom is 0.500 e. The van der Waals surface area contributed by atoms with E-state index in [1.165, 1.54) is 12.8 Å². The average molecular weight is 806 g/mol. The zero-order chi connectivity index (χ0) is 41.2. The molecule has 0 heterocycles. The Balaban J connectivity index is -0.000000322. The van der Waals surface area contributed by atoms with Crippen molar-refractivity contribution in [2.75, 3.05) is 58.1 Å². The number of aliphatic hydroxyl groups excluding tert-OH is 1. The summed E-state index contributed by atoms with van der Waals surface area (Å²) in [5.74, 6) is 1.14. The highest BCUT2D eigenvalue weighted by molar-refractivity contribution is 7.98. The van der Waals surface area contributed by atoms with Gasteiger partial charge in [0.25, 0.3) is 0 Å². The fourth-order valence-electron chi connectivity index (χ4n) is 3.63. The summed E-state index contributed by atoms with van der Waals surface area (Å²) < 4.78 is 43.6. The number of thioether (sulfide) groups is 1. The largest absolute Gasteiger partial charge is 0.500 e. The van der Waals surface area contributed by atoms with Crippen LogP contribution in [-0.2, 0) is 32.9 Å². The highest BCUT2D eigenvalue weighted by Crippen LogP contribution is 2.19. The van der Waals surface area contributed by atoms with Crippen molar-refractivity contribution >= 4 is 48.4 Å². The first kappa shape index (κ1) is 57.3. The van der Waals surface area contributed by atoms with Gasteiger partial charge in [-0.2, -0.15) is 11.8 Å². The number of aliphatic hydroxyl groups is 1. The minimum atomic E-state index is -3.22. The smallest absolute Gasteiger partial charge is 0.395 e. The van der Waals surface area contributed by atoms with Gasteiger partial charge >= 0.3 is 14.8 Å². The number of amides is 4. The molecule has 14 nitrogen and oxygen atoms in total. The van der Waals surface area contributed by atoms with E-state index in [1.807, 2.05) is 54.7 Å². The van der Waals surface area contributed by atoms with E-state index in [4.69, 9.17) is 29.9 Å². The normalized spacial score (nSPS) is 14.0. The Labute approximate surface area is 323 Å². The minimum absolute atomic E-state index is 0.0341. The van der Waals surface area contributed by atoms with Crippen LogP contribution in [0.4, 0.5) is 4.79 Å². The third kappa shape index (κ3) is 30.9. The van der Waals surface area contributed by atoms with Crippen molar-refractivity contribution in [1.82, 2.24) is 15.4 Å². The fourth-order valence-corrected chi connectivity index (χ4v) is 7.70. The van der Waals surface area contributed by atoms with E-state index in [9.17, 15) is 22.8 Å². The first-order valence-corrected chi connectivity index (χ1v) is 23.8. The van der Waals surface area contributed by atoms with Crippen LogP contribution in [0.2, 0.25) is 6.04 Å². The van der Waals surface area contributed by atoms with E-state index in [1.54, 1.807) is 25.6 Å². The number of sulfonamides is 1. The third-order valence-electron chi connectivity index (χ3n) is 8.43. The van der Waals surface area contributed by atoms with Crippen molar-refractivity contribution in [3.05, 3.63) is 0 Å². The molecule has 0 spiro atoms. The standard InChI is InChI=1S/C13H31NO5SSi.C11H24N2OS.C6H13NO2.C5H11NO/c1-6-13(5)20(15,16)14-11-10-12-21(17-7-2,18-8-3)19-9-4;1-4-10(2)6-5-7-12-11(14)13-8-9-15-3;1-3-6(2,4-8)5(7)9;1-3-4(2)5(6)7/h13-14H,6-12H2,1-5H3;10H,4-9H2,1-3H3,(H2,12,13,14);8H,3-4H2,1-2H3,(H2,7,9);4H,3H2,1-2H3,(H2,6,7). The number of carbonyl (C=O) groups excluding carboxylic acids is 3. The summed E-state index contributed by atoms with van der Waals surface area (Å²) in [5.41, 5.74) is 9.18. The predicted molar refractivity (Wildman–Crippen MR) is 219 cm³/mol. The topological polar surface area (TPSA) is 221 Å². The highest BCUT2D eigenvalue weighted by Gasteiger charge is 2.39. The van der Waals surface area contributed by atoms with Crippen LogP contribution in [-0.4, -0.2) is 103 Å². The average Bonchev–Trinajstić information content (AvgIpc) is 3.11.